The van der Waals surface area contributed by atoms with E-state index in [1.165, 1.54) is 4.68 Å². The Morgan fingerprint density at radius 3 is 2.81 bits per heavy atom. The second-order valence-electron chi connectivity index (χ2n) is 4.00. The summed E-state index contributed by atoms with van der Waals surface area (Å²) in [5.74, 6) is 1.41. The van der Waals surface area contributed by atoms with Gasteiger partial charge in [0.25, 0.3) is 5.95 Å². The molecule has 2 heterocycles. The minimum atomic E-state index is 0.193. The molecule has 21 heavy (non-hydrogen) atoms. The summed E-state index contributed by atoms with van der Waals surface area (Å²) < 4.78 is 8.12. The molecule has 106 valence electrons. The summed E-state index contributed by atoms with van der Waals surface area (Å²) in [6.07, 6.45) is 3.40. The lowest BCUT2D eigenvalue weighted by molar-refractivity contribution is 0.438. The van der Waals surface area contributed by atoms with Crippen LogP contribution in [0.25, 0.3) is 5.95 Å². The minimum Gasteiger partial charge on any atom is -0.424 e. The van der Waals surface area contributed by atoms with Crippen LogP contribution < -0.4 is 10.1 Å². The standard InChI is InChI=1S/C13H11BrN6O/c1-15-11-17-12(20-7-3-6-16-20)19-13(18-11)21-10-5-2-4-9(14)8-10/h2-8H,1H3,(H,15,17,18,19). The van der Waals surface area contributed by atoms with Gasteiger partial charge in [-0.15, -0.1) is 0 Å². The molecular formula is C13H11BrN6O. The van der Waals surface area contributed by atoms with E-state index in [1.807, 2.05) is 24.3 Å². The van der Waals surface area contributed by atoms with Crippen LogP contribution in [0.15, 0.2) is 47.2 Å². The first-order chi connectivity index (χ1) is 10.2. The molecular weight excluding hydrogens is 336 g/mol. The first-order valence-corrected chi connectivity index (χ1v) is 6.91. The predicted molar refractivity (Wildman–Crippen MR) is 80.7 cm³/mol. The number of rotatable bonds is 4. The van der Waals surface area contributed by atoms with Crippen LogP contribution in [0.5, 0.6) is 11.8 Å². The summed E-state index contributed by atoms with van der Waals surface area (Å²) in [5.41, 5.74) is 0. The van der Waals surface area contributed by atoms with Crippen LogP contribution in [0.3, 0.4) is 0 Å². The van der Waals surface area contributed by atoms with Crippen molar-refractivity contribution in [2.45, 2.75) is 0 Å². The molecule has 0 aliphatic rings. The summed E-state index contributed by atoms with van der Waals surface area (Å²) in [6.45, 7) is 0. The monoisotopic (exact) mass is 346 g/mol. The second kappa shape index (κ2) is 5.88. The quantitative estimate of drug-likeness (QED) is 0.782. The van der Waals surface area contributed by atoms with Gasteiger partial charge in [0.15, 0.2) is 0 Å². The molecule has 0 saturated heterocycles. The molecule has 0 radical (unpaired) electrons. The van der Waals surface area contributed by atoms with Crippen molar-refractivity contribution in [1.29, 1.82) is 0 Å². The molecule has 7 nitrogen and oxygen atoms in total. The summed E-state index contributed by atoms with van der Waals surface area (Å²) in [6, 6.07) is 9.41. The number of benzene rings is 1. The Bertz CT molecular complexity index is 746. The van der Waals surface area contributed by atoms with Gasteiger partial charge in [0, 0.05) is 23.9 Å². The van der Waals surface area contributed by atoms with Crippen molar-refractivity contribution in [3.8, 4) is 17.7 Å². The van der Waals surface area contributed by atoms with Crippen molar-refractivity contribution in [2.75, 3.05) is 12.4 Å². The molecule has 2 aromatic heterocycles. The molecule has 0 aliphatic carbocycles. The van der Waals surface area contributed by atoms with E-state index in [4.69, 9.17) is 4.74 Å². The summed E-state index contributed by atoms with van der Waals surface area (Å²) >= 11 is 3.39. The van der Waals surface area contributed by atoms with Crippen molar-refractivity contribution >= 4 is 21.9 Å². The molecule has 0 amide bonds. The lowest BCUT2D eigenvalue weighted by atomic mass is 10.3. The van der Waals surface area contributed by atoms with E-state index in [2.05, 4.69) is 41.3 Å². The normalized spacial score (nSPS) is 10.4. The van der Waals surface area contributed by atoms with E-state index >= 15 is 0 Å². The molecule has 1 N–H and O–H groups in total. The van der Waals surface area contributed by atoms with Gasteiger partial charge in [0.2, 0.25) is 5.95 Å². The Kier molecular flexibility index (Phi) is 3.78. The lowest BCUT2D eigenvalue weighted by Gasteiger charge is -2.07. The Hall–Kier alpha value is -2.48. The highest BCUT2D eigenvalue weighted by molar-refractivity contribution is 9.10. The third kappa shape index (κ3) is 3.16. The molecule has 0 fully saturated rings. The van der Waals surface area contributed by atoms with E-state index in [0.29, 0.717) is 17.6 Å². The Labute approximate surface area is 129 Å². The van der Waals surface area contributed by atoms with Gasteiger partial charge in [0.1, 0.15) is 5.75 Å². The van der Waals surface area contributed by atoms with E-state index in [9.17, 15) is 0 Å². The SMILES string of the molecule is CNc1nc(Oc2cccc(Br)c2)nc(-n2cccn2)n1. The predicted octanol–water partition coefficient (Wildman–Crippen LogP) is 2.65. The average molecular weight is 347 g/mol. The van der Waals surface area contributed by atoms with Gasteiger partial charge in [-0.05, 0) is 24.3 Å². The molecule has 0 atom stereocenters. The van der Waals surface area contributed by atoms with Crippen molar-refractivity contribution in [1.82, 2.24) is 24.7 Å². The van der Waals surface area contributed by atoms with E-state index in [1.54, 1.807) is 25.5 Å². The number of halogens is 1. The molecule has 0 saturated carbocycles. The first-order valence-electron chi connectivity index (χ1n) is 6.12. The smallest absolute Gasteiger partial charge is 0.328 e. The summed E-state index contributed by atoms with van der Waals surface area (Å²) in [5, 5.41) is 6.97. The molecule has 0 spiro atoms. The zero-order valence-corrected chi connectivity index (χ0v) is 12.6. The van der Waals surface area contributed by atoms with Gasteiger partial charge in [-0.1, -0.05) is 22.0 Å². The van der Waals surface area contributed by atoms with Gasteiger partial charge >= 0.3 is 6.01 Å². The van der Waals surface area contributed by atoms with Crippen molar-refractivity contribution in [2.24, 2.45) is 0 Å². The summed E-state index contributed by atoms with van der Waals surface area (Å²) in [4.78, 5) is 12.7. The molecule has 1 aromatic carbocycles. The minimum absolute atomic E-state index is 0.193. The molecule has 0 bridgehead atoms. The largest absolute Gasteiger partial charge is 0.424 e. The number of ether oxygens (including phenoxy) is 1. The maximum atomic E-state index is 5.67. The summed E-state index contributed by atoms with van der Waals surface area (Å²) in [7, 11) is 1.73. The van der Waals surface area contributed by atoms with Crippen molar-refractivity contribution < 1.29 is 4.74 Å². The highest BCUT2D eigenvalue weighted by atomic mass is 79.9. The van der Waals surface area contributed by atoms with Crippen molar-refractivity contribution in [3.05, 3.63) is 47.2 Å². The van der Waals surface area contributed by atoms with Gasteiger partial charge in [-0.2, -0.15) is 20.1 Å². The number of nitrogens with zero attached hydrogens (tertiary/aromatic N) is 5. The number of anilines is 1. The fourth-order valence-corrected chi connectivity index (χ4v) is 2.01. The van der Waals surface area contributed by atoms with Gasteiger partial charge in [-0.25, -0.2) is 4.68 Å². The van der Waals surface area contributed by atoms with Crippen molar-refractivity contribution in [3.63, 3.8) is 0 Å². The molecule has 3 aromatic rings. The Balaban J connectivity index is 1.96. The Morgan fingerprint density at radius 1 is 1.19 bits per heavy atom. The third-order valence-corrected chi connectivity index (χ3v) is 3.03. The molecule has 8 heteroatoms. The lowest BCUT2D eigenvalue weighted by Crippen LogP contribution is -2.08. The topological polar surface area (TPSA) is 77.8 Å². The van der Waals surface area contributed by atoms with E-state index < -0.39 is 0 Å². The molecule has 0 aliphatic heterocycles. The van der Waals surface area contributed by atoms with Crippen LogP contribution in [-0.4, -0.2) is 31.8 Å². The Morgan fingerprint density at radius 2 is 2.10 bits per heavy atom. The zero-order chi connectivity index (χ0) is 14.7. The zero-order valence-electron chi connectivity index (χ0n) is 11.1. The second-order valence-corrected chi connectivity index (χ2v) is 4.92. The third-order valence-electron chi connectivity index (χ3n) is 2.54. The van der Waals surface area contributed by atoms with Crippen LogP contribution in [0.2, 0.25) is 0 Å². The molecule has 3 rings (SSSR count). The van der Waals surface area contributed by atoms with Crippen LogP contribution >= 0.6 is 15.9 Å². The number of aromatic nitrogens is 5. The van der Waals surface area contributed by atoms with Gasteiger partial charge in [0.05, 0.1) is 0 Å². The highest BCUT2D eigenvalue weighted by Crippen LogP contribution is 2.22. The average Bonchev–Trinajstić information content (AvgIpc) is 3.01. The first kappa shape index (κ1) is 13.5. The number of hydrogen-bond acceptors (Lipinski definition) is 6. The maximum Gasteiger partial charge on any atom is 0.328 e. The fraction of sp³-hybridized carbons (Fsp3) is 0.0769. The van der Waals surface area contributed by atoms with Crippen LogP contribution in [0, 0.1) is 0 Å². The van der Waals surface area contributed by atoms with Crippen LogP contribution in [-0.2, 0) is 0 Å². The van der Waals surface area contributed by atoms with Crippen LogP contribution in [0.4, 0.5) is 5.95 Å². The van der Waals surface area contributed by atoms with Crippen LogP contribution in [0.1, 0.15) is 0 Å². The number of hydrogen-bond donors (Lipinski definition) is 1. The van der Waals surface area contributed by atoms with E-state index in [-0.39, 0.29) is 6.01 Å². The number of nitrogens with one attached hydrogen (secondary N) is 1. The van der Waals surface area contributed by atoms with Gasteiger partial charge < -0.3 is 10.1 Å². The van der Waals surface area contributed by atoms with E-state index in [0.717, 1.165) is 4.47 Å². The van der Waals surface area contributed by atoms with Gasteiger partial charge in [-0.3, -0.25) is 0 Å². The maximum absolute atomic E-state index is 5.67. The highest BCUT2D eigenvalue weighted by Gasteiger charge is 2.09. The fourth-order valence-electron chi connectivity index (χ4n) is 1.63. The molecule has 0 unspecified atom stereocenters.